The first kappa shape index (κ1) is 19.1. The van der Waals surface area contributed by atoms with E-state index in [1.807, 2.05) is 6.07 Å². The second-order valence-electron chi connectivity index (χ2n) is 6.87. The van der Waals surface area contributed by atoms with Crippen molar-refractivity contribution in [1.29, 1.82) is 10.5 Å². The van der Waals surface area contributed by atoms with Crippen molar-refractivity contribution in [3.05, 3.63) is 59.7 Å². The van der Waals surface area contributed by atoms with Gasteiger partial charge in [-0.2, -0.15) is 10.5 Å². The lowest BCUT2D eigenvalue weighted by Crippen LogP contribution is -2.32. The Morgan fingerprint density at radius 1 is 0.786 bits per heavy atom. The number of rotatable bonds is 4. The van der Waals surface area contributed by atoms with Crippen molar-refractivity contribution in [2.24, 2.45) is 11.8 Å². The molecular formula is C22H20N4O2. The lowest BCUT2D eigenvalue weighted by atomic mass is 9.81. The Balaban J connectivity index is 1.52. The number of anilines is 2. The molecule has 1 aliphatic carbocycles. The van der Waals surface area contributed by atoms with Gasteiger partial charge in [-0.3, -0.25) is 9.59 Å². The van der Waals surface area contributed by atoms with Gasteiger partial charge >= 0.3 is 0 Å². The van der Waals surface area contributed by atoms with Crippen molar-refractivity contribution in [2.45, 2.75) is 25.7 Å². The second kappa shape index (κ2) is 8.83. The van der Waals surface area contributed by atoms with Crippen LogP contribution in [-0.2, 0) is 9.59 Å². The molecule has 2 N–H and O–H groups in total. The Labute approximate surface area is 163 Å². The molecule has 0 bridgehead atoms. The van der Waals surface area contributed by atoms with Crippen LogP contribution in [0.5, 0.6) is 0 Å². The number of carbonyl (C=O) groups is 2. The molecule has 0 atom stereocenters. The average molecular weight is 372 g/mol. The Kier molecular flexibility index (Phi) is 6.04. The van der Waals surface area contributed by atoms with Gasteiger partial charge in [0.05, 0.1) is 22.9 Å². The molecule has 0 heterocycles. The zero-order valence-corrected chi connectivity index (χ0v) is 15.3. The van der Waals surface area contributed by atoms with Crippen LogP contribution in [0, 0.1) is 34.5 Å². The highest BCUT2D eigenvalue weighted by Crippen LogP contribution is 2.31. The van der Waals surface area contributed by atoms with Crippen molar-refractivity contribution in [3.63, 3.8) is 0 Å². The molecule has 0 aromatic heterocycles. The van der Waals surface area contributed by atoms with Gasteiger partial charge < -0.3 is 10.6 Å². The van der Waals surface area contributed by atoms with Crippen molar-refractivity contribution in [1.82, 2.24) is 0 Å². The third kappa shape index (κ3) is 4.55. The molecule has 28 heavy (non-hydrogen) atoms. The predicted molar refractivity (Wildman–Crippen MR) is 105 cm³/mol. The fourth-order valence-corrected chi connectivity index (χ4v) is 3.41. The standard InChI is InChI=1S/C22H20N4O2/c23-13-15-5-11-19(12-6-15)25-21(27)16-7-9-17(10-8-16)22(28)26-20-4-2-1-3-18(20)14-24/h1-6,11-12,16-17H,7-10H2,(H,25,27)(H,26,28). The number of nitriles is 2. The van der Waals surface area contributed by atoms with Gasteiger partial charge in [-0.25, -0.2) is 0 Å². The third-order valence-electron chi connectivity index (χ3n) is 5.06. The van der Waals surface area contributed by atoms with Gasteiger partial charge in [0.2, 0.25) is 11.8 Å². The van der Waals surface area contributed by atoms with E-state index in [0.717, 1.165) is 0 Å². The van der Waals surface area contributed by atoms with Crippen LogP contribution < -0.4 is 10.6 Å². The number of nitrogens with one attached hydrogen (secondary N) is 2. The quantitative estimate of drug-likeness (QED) is 0.851. The van der Waals surface area contributed by atoms with Crippen LogP contribution in [0.2, 0.25) is 0 Å². The number of para-hydroxylation sites is 1. The topological polar surface area (TPSA) is 106 Å². The molecule has 0 radical (unpaired) electrons. The summed E-state index contributed by atoms with van der Waals surface area (Å²) in [6, 6.07) is 17.8. The smallest absolute Gasteiger partial charge is 0.227 e. The molecule has 1 saturated carbocycles. The molecule has 2 aromatic carbocycles. The number of carbonyl (C=O) groups excluding carboxylic acids is 2. The first-order chi connectivity index (χ1) is 13.6. The molecule has 0 unspecified atom stereocenters. The van der Waals surface area contributed by atoms with Crippen molar-refractivity contribution in [3.8, 4) is 12.1 Å². The monoisotopic (exact) mass is 372 g/mol. The van der Waals surface area contributed by atoms with E-state index in [1.165, 1.54) is 0 Å². The van der Waals surface area contributed by atoms with Crippen LogP contribution in [0.25, 0.3) is 0 Å². The zero-order chi connectivity index (χ0) is 19.9. The molecule has 6 heteroatoms. The highest BCUT2D eigenvalue weighted by molar-refractivity contribution is 5.95. The van der Waals surface area contributed by atoms with Crippen LogP contribution in [0.4, 0.5) is 11.4 Å². The van der Waals surface area contributed by atoms with Crippen LogP contribution in [0.15, 0.2) is 48.5 Å². The largest absolute Gasteiger partial charge is 0.326 e. The maximum atomic E-state index is 12.5. The fourth-order valence-electron chi connectivity index (χ4n) is 3.41. The Morgan fingerprint density at radius 3 is 1.93 bits per heavy atom. The van der Waals surface area contributed by atoms with Crippen molar-refractivity contribution < 1.29 is 9.59 Å². The molecule has 0 saturated heterocycles. The summed E-state index contributed by atoms with van der Waals surface area (Å²) < 4.78 is 0. The lowest BCUT2D eigenvalue weighted by Gasteiger charge is -2.27. The van der Waals surface area contributed by atoms with Gasteiger partial charge in [-0.05, 0) is 62.1 Å². The summed E-state index contributed by atoms with van der Waals surface area (Å²) in [5.41, 5.74) is 2.17. The Hall–Kier alpha value is -3.64. The van der Waals surface area contributed by atoms with Crippen LogP contribution in [0.3, 0.4) is 0 Å². The summed E-state index contributed by atoms with van der Waals surface area (Å²) in [4.78, 5) is 25.0. The number of amides is 2. The minimum atomic E-state index is -0.161. The molecule has 2 aromatic rings. The van der Waals surface area contributed by atoms with Gasteiger partial charge in [0.1, 0.15) is 6.07 Å². The highest BCUT2D eigenvalue weighted by Gasteiger charge is 2.30. The molecule has 1 aliphatic rings. The Morgan fingerprint density at radius 2 is 1.36 bits per heavy atom. The van der Waals surface area contributed by atoms with E-state index < -0.39 is 0 Å². The number of nitrogens with zero attached hydrogens (tertiary/aromatic N) is 2. The molecule has 1 fully saturated rings. The zero-order valence-electron chi connectivity index (χ0n) is 15.3. The Bertz CT molecular complexity index is 946. The van der Waals surface area contributed by atoms with E-state index >= 15 is 0 Å². The molecule has 140 valence electrons. The normalized spacial score (nSPS) is 18.4. The number of hydrogen-bond donors (Lipinski definition) is 2. The summed E-state index contributed by atoms with van der Waals surface area (Å²) in [5.74, 6) is -0.455. The number of benzene rings is 2. The van der Waals surface area contributed by atoms with Gasteiger partial charge in [0.15, 0.2) is 0 Å². The van der Waals surface area contributed by atoms with Crippen molar-refractivity contribution in [2.75, 3.05) is 10.6 Å². The van der Waals surface area contributed by atoms with E-state index in [-0.39, 0.29) is 23.7 Å². The van der Waals surface area contributed by atoms with E-state index in [1.54, 1.807) is 48.5 Å². The van der Waals surface area contributed by atoms with Gasteiger partial charge in [0.25, 0.3) is 0 Å². The van der Waals surface area contributed by atoms with Gasteiger partial charge in [-0.15, -0.1) is 0 Å². The maximum absolute atomic E-state index is 12.5. The first-order valence-electron chi connectivity index (χ1n) is 9.21. The molecule has 0 spiro atoms. The summed E-state index contributed by atoms with van der Waals surface area (Å²) in [5, 5.41) is 23.7. The predicted octanol–water partition coefficient (Wildman–Crippen LogP) is 3.81. The molecule has 2 amide bonds. The van der Waals surface area contributed by atoms with E-state index in [4.69, 9.17) is 10.5 Å². The minimum Gasteiger partial charge on any atom is -0.326 e. The fraction of sp³-hybridized carbons (Fsp3) is 0.273. The summed E-state index contributed by atoms with van der Waals surface area (Å²) in [6.45, 7) is 0. The maximum Gasteiger partial charge on any atom is 0.227 e. The third-order valence-corrected chi connectivity index (χ3v) is 5.06. The van der Waals surface area contributed by atoms with Crippen LogP contribution in [0.1, 0.15) is 36.8 Å². The SMILES string of the molecule is N#Cc1ccc(NC(=O)C2CCC(C(=O)Nc3ccccc3C#N)CC2)cc1. The van der Waals surface area contributed by atoms with E-state index in [9.17, 15) is 9.59 Å². The molecule has 6 nitrogen and oxygen atoms in total. The number of hydrogen-bond acceptors (Lipinski definition) is 4. The molecule has 0 aliphatic heterocycles. The molecular weight excluding hydrogens is 352 g/mol. The van der Waals surface area contributed by atoms with Gasteiger partial charge in [-0.1, -0.05) is 12.1 Å². The van der Waals surface area contributed by atoms with Gasteiger partial charge in [0, 0.05) is 17.5 Å². The highest BCUT2D eigenvalue weighted by atomic mass is 16.2. The minimum absolute atomic E-state index is 0.0570. The first-order valence-corrected chi connectivity index (χ1v) is 9.21. The van der Waals surface area contributed by atoms with Crippen molar-refractivity contribution >= 4 is 23.2 Å². The lowest BCUT2D eigenvalue weighted by molar-refractivity contribution is -0.125. The second-order valence-corrected chi connectivity index (χ2v) is 6.87. The van der Waals surface area contributed by atoms with Crippen LogP contribution in [-0.4, -0.2) is 11.8 Å². The van der Waals surface area contributed by atoms with E-state index in [0.29, 0.717) is 48.2 Å². The van der Waals surface area contributed by atoms with Crippen LogP contribution >= 0.6 is 0 Å². The summed E-state index contributed by atoms with van der Waals surface area (Å²) >= 11 is 0. The molecule has 3 rings (SSSR count). The summed E-state index contributed by atoms with van der Waals surface area (Å²) in [7, 11) is 0. The average Bonchev–Trinajstić information content (AvgIpc) is 2.74. The summed E-state index contributed by atoms with van der Waals surface area (Å²) in [6.07, 6.45) is 2.54. The van der Waals surface area contributed by atoms with E-state index in [2.05, 4.69) is 16.7 Å².